The predicted molar refractivity (Wildman–Crippen MR) is 49.4 cm³/mol. The molecule has 0 aromatic carbocycles. The summed E-state index contributed by atoms with van der Waals surface area (Å²) < 4.78 is 5.04. The molecular formula is C7H13ClN4O. The maximum Gasteiger partial charge on any atom is 0.243 e. The third kappa shape index (κ3) is 2.18. The molecule has 13 heavy (non-hydrogen) atoms. The number of aromatic nitrogens is 2. The molecule has 3 N–H and O–H groups in total. The summed E-state index contributed by atoms with van der Waals surface area (Å²) in [5.41, 5.74) is 5.36. The van der Waals surface area contributed by atoms with Gasteiger partial charge >= 0.3 is 0 Å². The zero-order valence-corrected chi connectivity index (χ0v) is 8.01. The van der Waals surface area contributed by atoms with E-state index in [-0.39, 0.29) is 18.4 Å². The highest BCUT2D eigenvalue weighted by atomic mass is 35.5. The fraction of sp³-hybridized carbons (Fsp3) is 0.714. The van der Waals surface area contributed by atoms with Crippen LogP contribution in [0.4, 0.5) is 0 Å². The van der Waals surface area contributed by atoms with E-state index in [2.05, 4.69) is 15.5 Å². The Bertz CT molecular complexity index is 259. The van der Waals surface area contributed by atoms with Gasteiger partial charge in [0, 0.05) is 0 Å². The van der Waals surface area contributed by atoms with Crippen LogP contribution in [-0.4, -0.2) is 16.7 Å². The number of halogens is 1. The van der Waals surface area contributed by atoms with Crippen LogP contribution in [0.5, 0.6) is 0 Å². The standard InChI is InChI=1S/C7H12N4O.ClH/c8-4-6-10-7(12-11-6)5-2-1-3-9-5;/h5,9H,1-4,8H2;1H. The molecule has 1 aliphatic rings. The van der Waals surface area contributed by atoms with E-state index in [1.807, 2.05) is 0 Å². The van der Waals surface area contributed by atoms with E-state index in [1.165, 1.54) is 6.42 Å². The van der Waals surface area contributed by atoms with E-state index < -0.39 is 0 Å². The second kappa shape index (κ2) is 4.55. The Morgan fingerprint density at radius 2 is 2.46 bits per heavy atom. The molecule has 1 unspecified atom stereocenters. The lowest BCUT2D eigenvalue weighted by molar-refractivity contribution is 0.341. The maximum absolute atomic E-state index is 5.36. The zero-order valence-electron chi connectivity index (χ0n) is 7.19. The summed E-state index contributed by atoms with van der Waals surface area (Å²) in [6.07, 6.45) is 2.25. The Labute approximate surface area is 82.5 Å². The van der Waals surface area contributed by atoms with Crippen molar-refractivity contribution in [3.05, 3.63) is 11.7 Å². The van der Waals surface area contributed by atoms with Gasteiger partial charge in [0.2, 0.25) is 5.89 Å². The van der Waals surface area contributed by atoms with Gasteiger partial charge < -0.3 is 15.6 Å². The third-order valence-electron chi connectivity index (χ3n) is 2.02. The number of nitrogens with two attached hydrogens (primary N) is 1. The smallest absolute Gasteiger partial charge is 0.243 e. The van der Waals surface area contributed by atoms with Crippen LogP contribution >= 0.6 is 12.4 Å². The summed E-state index contributed by atoms with van der Waals surface area (Å²) in [6.45, 7) is 1.38. The molecule has 0 radical (unpaired) electrons. The highest BCUT2D eigenvalue weighted by Crippen LogP contribution is 2.20. The van der Waals surface area contributed by atoms with Crippen molar-refractivity contribution >= 4 is 12.4 Å². The fourth-order valence-corrected chi connectivity index (χ4v) is 1.39. The van der Waals surface area contributed by atoms with Crippen LogP contribution in [0.3, 0.4) is 0 Å². The summed E-state index contributed by atoms with van der Waals surface area (Å²) in [6, 6.07) is 0.248. The van der Waals surface area contributed by atoms with E-state index in [1.54, 1.807) is 0 Å². The molecule has 0 aliphatic carbocycles. The Morgan fingerprint density at radius 1 is 1.62 bits per heavy atom. The minimum atomic E-state index is 0. The largest absolute Gasteiger partial charge is 0.338 e. The molecule has 5 nitrogen and oxygen atoms in total. The van der Waals surface area contributed by atoms with Crippen molar-refractivity contribution in [3.8, 4) is 0 Å². The Balaban J connectivity index is 0.000000845. The molecule has 2 rings (SSSR count). The van der Waals surface area contributed by atoms with E-state index in [4.69, 9.17) is 10.3 Å². The van der Waals surface area contributed by atoms with E-state index >= 15 is 0 Å². The maximum atomic E-state index is 5.36. The molecule has 1 aromatic rings. The lowest BCUT2D eigenvalue weighted by atomic mass is 10.2. The van der Waals surface area contributed by atoms with Crippen LogP contribution in [0.25, 0.3) is 0 Å². The van der Waals surface area contributed by atoms with Crippen molar-refractivity contribution < 1.29 is 4.52 Å². The Morgan fingerprint density at radius 3 is 3.00 bits per heavy atom. The molecular weight excluding hydrogens is 192 g/mol. The number of nitrogens with zero attached hydrogens (tertiary/aromatic N) is 2. The number of nitrogens with one attached hydrogen (secondary N) is 1. The molecule has 1 aromatic heterocycles. The second-order valence-electron chi connectivity index (χ2n) is 2.90. The van der Waals surface area contributed by atoms with Crippen LogP contribution in [0.1, 0.15) is 30.6 Å². The SMILES string of the molecule is Cl.NCc1noc(C2CCCN2)n1. The van der Waals surface area contributed by atoms with Crippen LogP contribution in [-0.2, 0) is 6.54 Å². The highest BCUT2D eigenvalue weighted by molar-refractivity contribution is 5.85. The van der Waals surface area contributed by atoms with Crippen molar-refractivity contribution in [2.24, 2.45) is 5.73 Å². The van der Waals surface area contributed by atoms with Gasteiger partial charge in [-0.1, -0.05) is 5.16 Å². The van der Waals surface area contributed by atoms with Crippen LogP contribution in [0.2, 0.25) is 0 Å². The lowest BCUT2D eigenvalue weighted by Gasteiger charge is -2.00. The summed E-state index contributed by atoms with van der Waals surface area (Å²) >= 11 is 0. The van der Waals surface area contributed by atoms with Gasteiger partial charge in [0.1, 0.15) is 0 Å². The van der Waals surface area contributed by atoms with Gasteiger partial charge in [-0.25, -0.2) is 0 Å². The summed E-state index contributed by atoms with van der Waals surface area (Å²) in [5, 5.41) is 7.00. The Hall–Kier alpha value is -0.650. The first-order chi connectivity index (χ1) is 5.90. The summed E-state index contributed by atoms with van der Waals surface area (Å²) in [5.74, 6) is 1.26. The number of rotatable bonds is 2. The average Bonchev–Trinajstić information content (AvgIpc) is 2.75. The van der Waals surface area contributed by atoms with E-state index in [9.17, 15) is 0 Å². The van der Waals surface area contributed by atoms with Gasteiger partial charge in [-0.15, -0.1) is 12.4 Å². The van der Waals surface area contributed by atoms with Gasteiger partial charge in [0.05, 0.1) is 12.6 Å². The van der Waals surface area contributed by atoms with Crippen molar-refractivity contribution in [2.75, 3.05) is 6.54 Å². The summed E-state index contributed by atoms with van der Waals surface area (Å²) in [4.78, 5) is 4.15. The molecule has 0 bridgehead atoms. The molecule has 0 spiro atoms. The zero-order chi connectivity index (χ0) is 8.39. The first-order valence-corrected chi connectivity index (χ1v) is 4.16. The normalized spacial score (nSPS) is 21.5. The van der Waals surface area contributed by atoms with Crippen molar-refractivity contribution in [2.45, 2.75) is 25.4 Å². The number of hydrogen-bond donors (Lipinski definition) is 2. The van der Waals surface area contributed by atoms with Gasteiger partial charge in [-0.2, -0.15) is 4.98 Å². The number of hydrogen-bond acceptors (Lipinski definition) is 5. The van der Waals surface area contributed by atoms with Crippen molar-refractivity contribution in [1.82, 2.24) is 15.5 Å². The molecule has 6 heteroatoms. The Kier molecular flexibility index (Phi) is 3.65. The molecule has 2 heterocycles. The van der Waals surface area contributed by atoms with Gasteiger partial charge in [0.15, 0.2) is 5.82 Å². The first kappa shape index (κ1) is 10.4. The summed E-state index contributed by atoms with van der Waals surface area (Å²) in [7, 11) is 0. The van der Waals surface area contributed by atoms with Crippen LogP contribution in [0.15, 0.2) is 4.52 Å². The fourth-order valence-electron chi connectivity index (χ4n) is 1.39. The minimum Gasteiger partial charge on any atom is -0.338 e. The quantitative estimate of drug-likeness (QED) is 0.728. The predicted octanol–water partition coefficient (Wildman–Crippen LogP) is 0.375. The molecule has 74 valence electrons. The molecule has 1 aliphatic heterocycles. The minimum absolute atomic E-state index is 0. The van der Waals surface area contributed by atoms with Crippen LogP contribution in [0, 0.1) is 0 Å². The van der Waals surface area contributed by atoms with E-state index in [0.29, 0.717) is 18.3 Å². The molecule has 0 amide bonds. The molecule has 0 saturated carbocycles. The topological polar surface area (TPSA) is 77.0 Å². The van der Waals surface area contributed by atoms with Crippen molar-refractivity contribution in [1.29, 1.82) is 0 Å². The molecule has 1 fully saturated rings. The first-order valence-electron chi connectivity index (χ1n) is 4.16. The second-order valence-corrected chi connectivity index (χ2v) is 2.90. The average molecular weight is 205 g/mol. The molecule has 1 atom stereocenters. The van der Waals surface area contributed by atoms with E-state index in [0.717, 1.165) is 13.0 Å². The van der Waals surface area contributed by atoms with Gasteiger partial charge in [-0.3, -0.25) is 0 Å². The lowest BCUT2D eigenvalue weighted by Crippen LogP contribution is -2.13. The van der Waals surface area contributed by atoms with Gasteiger partial charge in [-0.05, 0) is 19.4 Å². The van der Waals surface area contributed by atoms with Gasteiger partial charge in [0.25, 0.3) is 0 Å². The molecule has 1 saturated heterocycles. The monoisotopic (exact) mass is 204 g/mol. The van der Waals surface area contributed by atoms with Crippen molar-refractivity contribution in [3.63, 3.8) is 0 Å². The highest BCUT2D eigenvalue weighted by Gasteiger charge is 2.21. The third-order valence-corrected chi connectivity index (χ3v) is 2.02. The van der Waals surface area contributed by atoms with Crippen LogP contribution < -0.4 is 11.1 Å².